The van der Waals surface area contributed by atoms with Gasteiger partial charge in [0.05, 0.1) is 0 Å². The van der Waals surface area contributed by atoms with Crippen molar-refractivity contribution in [2.75, 3.05) is 6.61 Å². The molecule has 1 radical (unpaired) electrons. The number of hydrogen-bond donors (Lipinski definition) is 0. The van der Waals surface area contributed by atoms with E-state index in [0.29, 0.717) is 12.2 Å². The lowest BCUT2D eigenvalue weighted by Gasteiger charge is -1.99. The van der Waals surface area contributed by atoms with E-state index in [9.17, 15) is 8.78 Å². The summed E-state index contributed by atoms with van der Waals surface area (Å²) < 4.78 is 24.6. The zero-order chi connectivity index (χ0) is 13.2. The minimum Gasteiger partial charge on any atom is -0.395 e. The van der Waals surface area contributed by atoms with Gasteiger partial charge < -0.3 is 4.84 Å². The molecule has 0 amide bonds. The molecule has 0 bridgehead atoms. The number of alkyl halides is 2. The molecule has 0 spiro atoms. The Labute approximate surface area is 107 Å². The smallest absolute Gasteiger partial charge is 0.263 e. The normalized spacial score (nSPS) is 11.3. The third kappa shape index (κ3) is 5.75. The Morgan fingerprint density at radius 1 is 1.17 bits per heavy atom. The van der Waals surface area contributed by atoms with Crippen LogP contribution in [0.2, 0.25) is 0 Å². The molecular weight excluding hydrogens is 236 g/mol. The van der Waals surface area contributed by atoms with Crippen LogP contribution in [-0.2, 0) is 4.84 Å². The fraction of sp³-hybridized carbons (Fsp3) is 0.500. The van der Waals surface area contributed by atoms with Crippen molar-refractivity contribution in [2.45, 2.75) is 39.0 Å². The second-order valence-corrected chi connectivity index (χ2v) is 4.02. The van der Waals surface area contributed by atoms with Crippen LogP contribution in [0.4, 0.5) is 8.78 Å². The standard InChI is InChI=1S/C14H18F2NO/c1-2-3-4-5-10-18-17-11-12-6-8-13(9-7-12)14(15)16/h6-9,14H,2-5,10H2,1H3. The molecule has 0 aliphatic heterocycles. The molecule has 0 heterocycles. The summed E-state index contributed by atoms with van der Waals surface area (Å²) >= 11 is 0. The highest BCUT2D eigenvalue weighted by Gasteiger charge is 2.04. The van der Waals surface area contributed by atoms with Gasteiger partial charge in [-0.15, -0.1) is 0 Å². The molecule has 0 unspecified atom stereocenters. The van der Waals surface area contributed by atoms with Gasteiger partial charge in [-0.05, 0) is 12.8 Å². The molecule has 0 N–H and O–H groups in total. The van der Waals surface area contributed by atoms with Crippen LogP contribution in [0.5, 0.6) is 0 Å². The Morgan fingerprint density at radius 2 is 1.89 bits per heavy atom. The molecule has 0 atom stereocenters. The van der Waals surface area contributed by atoms with Gasteiger partial charge in [-0.25, -0.2) is 8.78 Å². The molecule has 0 fully saturated rings. The maximum absolute atomic E-state index is 12.3. The van der Waals surface area contributed by atoms with Gasteiger partial charge in [-0.1, -0.05) is 49.2 Å². The van der Waals surface area contributed by atoms with Crippen molar-refractivity contribution in [2.24, 2.45) is 5.16 Å². The quantitative estimate of drug-likeness (QED) is 0.382. The minimum absolute atomic E-state index is 0.000957. The average Bonchev–Trinajstić information content (AvgIpc) is 2.38. The van der Waals surface area contributed by atoms with E-state index >= 15 is 0 Å². The zero-order valence-corrected chi connectivity index (χ0v) is 10.5. The van der Waals surface area contributed by atoms with Crippen molar-refractivity contribution in [3.63, 3.8) is 0 Å². The number of rotatable bonds is 8. The Hall–Kier alpha value is -1.45. The summed E-state index contributed by atoms with van der Waals surface area (Å²) in [7, 11) is 0. The first-order chi connectivity index (χ1) is 8.74. The lowest BCUT2D eigenvalue weighted by atomic mass is 10.1. The van der Waals surface area contributed by atoms with Gasteiger partial charge in [-0.2, -0.15) is 0 Å². The molecule has 1 rings (SSSR count). The van der Waals surface area contributed by atoms with E-state index in [1.807, 2.05) is 0 Å². The first kappa shape index (κ1) is 14.6. The fourth-order valence-electron chi connectivity index (χ4n) is 1.43. The number of nitrogens with zero attached hydrogens (tertiary/aromatic N) is 1. The van der Waals surface area contributed by atoms with Crippen molar-refractivity contribution in [3.8, 4) is 0 Å². The van der Waals surface area contributed by atoms with E-state index in [0.717, 1.165) is 12.8 Å². The number of unbranched alkanes of at least 4 members (excludes halogenated alkanes) is 3. The number of hydrogen-bond acceptors (Lipinski definition) is 2. The van der Waals surface area contributed by atoms with Crippen LogP contribution in [0.3, 0.4) is 0 Å². The van der Waals surface area contributed by atoms with E-state index in [-0.39, 0.29) is 5.56 Å². The molecule has 0 aliphatic rings. The molecule has 18 heavy (non-hydrogen) atoms. The van der Waals surface area contributed by atoms with Gasteiger partial charge in [-0.3, -0.25) is 0 Å². The van der Waals surface area contributed by atoms with Gasteiger partial charge in [0.2, 0.25) is 0 Å². The minimum atomic E-state index is -2.44. The molecule has 99 valence electrons. The second kappa shape index (κ2) is 8.61. The van der Waals surface area contributed by atoms with E-state index < -0.39 is 6.43 Å². The Balaban J connectivity index is 2.25. The summed E-state index contributed by atoms with van der Waals surface area (Å²) in [5, 5.41) is 3.68. The zero-order valence-electron chi connectivity index (χ0n) is 10.5. The van der Waals surface area contributed by atoms with Crippen LogP contribution < -0.4 is 0 Å². The molecule has 0 saturated heterocycles. The van der Waals surface area contributed by atoms with Gasteiger partial charge in [0, 0.05) is 11.1 Å². The predicted molar refractivity (Wildman–Crippen MR) is 68.0 cm³/mol. The number of halogens is 2. The lowest BCUT2D eigenvalue weighted by Crippen LogP contribution is -1.90. The van der Waals surface area contributed by atoms with Gasteiger partial charge >= 0.3 is 0 Å². The maximum atomic E-state index is 12.3. The Morgan fingerprint density at radius 3 is 2.50 bits per heavy atom. The molecular formula is C14H18F2NO. The monoisotopic (exact) mass is 254 g/mol. The summed E-state index contributed by atoms with van der Waals surface area (Å²) in [4.78, 5) is 5.03. The summed E-state index contributed by atoms with van der Waals surface area (Å²) in [6, 6.07) is 5.82. The van der Waals surface area contributed by atoms with Crippen molar-refractivity contribution < 1.29 is 13.6 Å². The average molecular weight is 254 g/mol. The highest BCUT2D eigenvalue weighted by atomic mass is 19.3. The van der Waals surface area contributed by atoms with Crippen LogP contribution in [0.15, 0.2) is 29.4 Å². The third-order valence-electron chi connectivity index (χ3n) is 2.49. The number of benzene rings is 1. The van der Waals surface area contributed by atoms with Crippen LogP contribution in [0.1, 0.15) is 50.2 Å². The van der Waals surface area contributed by atoms with Crippen LogP contribution >= 0.6 is 0 Å². The largest absolute Gasteiger partial charge is 0.395 e. The van der Waals surface area contributed by atoms with Crippen LogP contribution in [0, 0.1) is 0 Å². The highest BCUT2D eigenvalue weighted by molar-refractivity contribution is 5.79. The summed E-state index contributed by atoms with van der Waals surface area (Å²) in [5.41, 5.74) is 0.633. The van der Waals surface area contributed by atoms with Crippen molar-refractivity contribution >= 4 is 6.21 Å². The fourth-order valence-corrected chi connectivity index (χ4v) is 1.43. The summed E-state index contributed by atoms with van der Waals surface area (Å²) in [6.45, 7) is 2.72. The van der Waals surface area contributed by atoms with Crippen LogP contribution in [0.25, 0.3) is 0 Å². The highest BCUT2D eigenvalue weighted by Crippen LogP contribution is 2.18. The molecule has 2 nitrogen and oxygen atoms in total. The van der Waals surface area contributed by atoms with Gasteiger partial charge in [0.1, 0.15) is 12.8 Å². The van der Waals surface area contributed by atoms with Gasteiger partial charge in [0.15, 0.2) is 0 Å². The Bertz CT molecular complexity index is 349. The summed E-state index contributed by atoms with van der Waals surface area (Å²) in [5.74, 6) is 0. The summed E-state index contributed by atoms with van der Waals surface area (Å²) in [6.07, 6.45) is 4.72. The van der Waals surface area contributed by atoms with Gasteiger partial charge in [0.25, 0.3) is 6.43 Å². The maximum Gasteiger partial charge on any atom is 0.263 e. The topological polar surface area (TPSA) is 21.6 Å². The molecule has 1 aromatic rings. The lowest BCUT2D eigenvalue weighted by molar-refractivity contribution is 0.141. The predicted octanol–water partition coefficient (Wildman–Crippen LogP) is 4.43. The van der Waals surface area contributed by atoms with E-state index in [1.54, 1.807) is 12.1 Å². The van der Waals surface area contributed by atoms with Crippen molar-refractivity contribution in [1.29, 1.82) is 0 Å². The van der Waals surface area contributed by atoms with E-state index in [1.165, 1.54) is 25.0 Å². The van der Waals surface area contributed by atoms with Crippen LogP contribution in [-0.4, -0.2) is 12.8 Å². The molecule has 0 aliphatic carbocycles. The first-order valence-corrected chi connectivity index (χ1v) is 6.20. The second-order valence-electron chi connectivity index (χ2n) is 4.02. The van der Waals surface area contributed by atoms with E-state index in [2.05, 4.69) is 18.3 Å². The molecule has 0 aromatic heterocycles. The van der Waals surface area contributed by atoms with E-state index in [4.69, 9.17) is 4.84 Å². The molecule has 4 heteroatoms. The molecule has 0 saturated carbocycles. The molecule has 1 aromatic carbocycles. The first-order valence-electron chi connectivity index (χ1n) is 6.20. The van der Waals surface area contributed by atoms with Crippen molar-refractivity contribution in [1.82, 2.24) is 0 Å². The third-order valence-corrected chi connectivity index (χ3v) is 2.49. The van der Waals surface area contributed by atoms with Crippen molar-refractivity contribution in [3.05, 3.63) is 35.4 Å². The SMILES string of the molecule is CCCCCCON=[C]c1ccc(C(F)F)cc1. The Kier molecular flexibility index (Phi) is 6.99.